The van der Waals surface area contributed by atoms with E-state index in [0.29, 0.717) is 12.5 Å². The predicted octanol–water partition coefficient (Wildman–Crippen LogP) is 2.91. The molecule has 1 aromatic rings. The van der Waals surface area contributed by atoms with Gasteiger partial charge in [0.1, 0.15) is 11.4 Å². The Morgan fingerprint density at radius 1 is 1.42 bits per heavy atom. The van der Waals surface area contributed by atoms with E-state index in [-0.39, 0.29) is 11.0 Å². The summed E-state index contributed by atoms with van der Waals surface area (Å²) in [6.07, 6.45) is 0. The molecular formula is C16H24N2O. The minimum absolute atomic E-state index is 0.116. The number of nitrogens with one attached hydrogen (secondary N) is 1. The van der Waals surface area contributed by atoms with Gasteiger partial charge in [-0.1, -0.05) is 20.8 Å². The van der Waals surface area contributed by atoms with Crippen LogP contribution in [-0.2, 0) is 5.41 Å². The highest BCUT2D eigenvalue weighted by atomic mass is 16.5. The van der Waals surface area contributed by atoms with Crippen LogP contribution in [0.2, 0.25) is 0 Å². The zero-order valence-corrected chi connectivity index (χ0v) is 12.6. The van der Waals surface area contributed by atoms with Gasteiger partial charge < -0.3 is 15.8 Å². The van der Waals surface area contributed by atoms with Gasteiger partial charge in [0, 0.05) is 41.2 Å². The molecule has 104 valence electrons. The minimum atomic E-state index is -0.275. The van der Waals surface area contributed by atoms with Crippen molar-refractivity contribution in [2.24, 2.45) is 5.73 Å². The van der Waals surface area contributed by atoms with E-state index in [1.165, 1.54) is 22.4 Å². The van der Waals surface area contributed by atoms with Crippen LogP contribution in [0.3, 0.4) is 0 Å². The van der Waals surface area contributed by atoms with E-state index in [1.54, 1.807) is 0 Å². The van der Waals surface area contributed by atoms with E-state index in [9.17, 15) is 0 Å². The van der Waals surface area contributed by atoms with Crippen LogP contribution in [0.1, 0.15) is 50.3 Å². The summed E-state index contributed by atoms with van der Waals surface area (Å²) in [6.45, 7) is 12.6. The van der Waals surface area contributed by atoms with Crippen molar-refractivity contribution in [3.8, 4) is 5.75 Å². The molecule has 1 aromatic carbocycles. The number of rotatable bonds is 1. The third-order valence-electron chi connectivity index (χ3n) is 5.01. The molecule has 3 nitrogen and oxygen atoms in total. The summed E-state index contributed by atoms with van der Waals surface area (Å²) in [4.78, 5) is 0. The van der Waals surface area contributed by atoms with Crippen molar-refractivity contribution in [1.29, 1.82) is 0 Å². The maximum atomic E-state index is 6.32. The van der Waals surface area contributed by atoms with Gasteiger partial charge in [-0.05, 0) is 25.5 Å². The fourth-order valence-electron chi connectivity index (χ4n) is 3.40. The van der Waals surface area contributed by atoms with E-state index in [0.717, 1.165) is 12.3 Å². The first kappa shape index (κ1) is 12.8. The van der Waals surface area contributed by atoms with Crippen LogP contribution >= 0.6 is 0 Å². The lowest BCUT2D eigenvalue weighted by Gasteiger charge is -2.27. The molecular weight excluding hydrogens is 236 g/mol. The highest BCUT2D eigenvalue weighted by Crippen LogP contribution is 2.54. The number of fused-ring (bicyclic) bond motifs is 3. The molecule has 2 heterocycles. The summed E-state index contributed by atoms with van der Waals surface area (Å²) >= 11 is 0. The Kier molecular flexibility index (Phi) is 2.47. The van der Waals surface area contributed by atoms with Crippen molar-refractivity contribution >= 4 is 5.69 Å². The first-order valence-electron chi connectivity index (χ1n) is 7.11. The number of anilines is 1. The van der Waals surface area contributed by atoms with Crippen LogP contribution in [0.4, 0.5) is 5.69 Å². The van der Waals surface area contributed by atoms with Crippen molar-refractivity contribution in [2.75, 3.05) is 18.4 Å². The molecule has 2 unspecified atom stereocenters. The first-order chi connectivity index (χ1) is 8.80. The molecule has 0 fully saturated rings. The summed E-state index contributed by atoms with van der Waals surface area (Å²) in [5.41, 5.74) is 11.0. The number of aryl methyl sites for hydroxylation is 1. The van der Waals surface area contributed by atoms with Crippen molar-refractivity contribution < 1.29 is 4.74 Å². The third kappa shape index (κ3) is 1.54. The Hall–Kier alpha value is -1.22. The lowest BCUT2D eigenvalue weighted by Crippen LogP contribution is -2.41. The molecule has 2 aliphatic rings. The Bertz CT molecular complexity index is 550. The first-order valence-corrected chi connectivity index (χ1v) is 7.11. The van der Waals surface area contributed by atoms with E-state index >= 15 is 0 Å². The summed E-state index contributed by atoms with van der Waals surface area (Å²) in [5, 5.41) is 3.54. The van der Waals surface area contributed by atoms with Crippen molar-refractivity contribution in [3.63, 3.8) is 0 Å². The standard InChI is InChI=1S/C16H24N2O/c1-9-6-11-10(2)16(5,7-17)19-14(11)12-13(9)18-8-15(12,3)4/h6,10,18H,7-8,17H2,1-5H3. The molecule has 0 saturated heterocycles. The van der Waals surface area contributed by atoms with E-state index < -0.39 is 0 Å². The molecule has 2 aliphatic heterocycles. The number of hydrogen-bond donors (Lipinski definition) is 2. The van der Waals surface area contributed by atoms with Gasteiger partial charge >= 0.3 is 0 Å². The summed E-state index contributed by atoms with van der Waals surface area (Å²) in [6, 6.07) is 2.27. The zero-order chi connectivity index (χ0) is 14.0. The topological polar surface area (TPSA) is 47.3 Å². The second kappa shape index (κ2) is 3.66. The SMILES string of the molecule is Cc1cc2c(c3c1NCC3(C)C)OC(C)(CN)C2C. The molecule has 0 bridgehead atoms. The highest BCUT2D eigenvalue weighted by molar-refractivity contribution is 5.73. The van der Waals surface area contributed by atoms with Gasteiger partial charge in [-0.15, -0.1) is 0 Å². The predicted molar refractivity (Wildman–Crippen MR) is 79.2 cm³/mol. The average molecular weight is 260 g/mol. The van der Waals surface area contributed by atoms with Gasteiger partial charge in [-0.2, -0.15) is 0 Å². The minimum Gasteiger partial charge on any atom is -0.485 e. The Balaban J connectivity index is 2.25. The average Bonchev–Trinajstić information content (AvgIpc) is 2.79. The van der Waals surface area contributed by atoms with Crippen LogP contribution in [0.15, 0.2) is 6.07 Å². The van der Waals surface area contributed by atoms with Crippen LogP contribution in [-0.4, -0.2) is 18.7 Å². The second-order valence-corrected chi connectivity index (χ2v) is 6.94. The Morgan fingerprint density at radius 3 is 2.74 bits per heavy atom. The monoisotopic (exact) mass is 260 g/mol. The molecule has 2 atom stereocenters. The molecule has 3 rings (SSSR count). The quantitative estimate of drug-likeness (QED) is 0.816. The van der Waals surface area contributed by atoms with E-state index in [2.05, 4.69) is 46.0 Å². The fraction of sp³-hybridized carbons (Fsp3) is 0.625. The van der Waals surface area contributed by atoms with Crippen LogP contribution in [0.5, 0.6) is 5.75 Å². The van der Waals surface area contributed by atoms with Crippen LogP contribution < -0.4 is 15.8 Å². The molecule has 0 aliphatic carbocycles. The summed E-state index contributed by atoms with van der Waals surface area (Å²) in [7, 11) is 0. The number of ether oxygens (including phenoxy) is 1. The molecule has 19 heavy (non-hydrogen) atoms. The van der Waals surface area contributed by atoms with Crippen LogP contribution in [0.25, 0.3) is 0 Å². The van der Waals surface area contributed by atoms with E-state index in [4.69, 9.17) is 10.5 Å². The van der Waals surface area contributed by atoms with Crippen molar-refractivity contribution in [3.05, 3.63) is 22.8 Å². The third-order valence-corrected chi connectivity index (χ3v) is 5.01. The lowest BCUT2D eigenvalue weighted by atomic mass is 9.81. The molecule has 0 amide bonds. The normalized spacial score (nSPS) is 30.5. The summed E-state index contributed by atoms with van der Waals surface area (Å²) in [5.74, 6) is 1.42. The zero-order valence-electron chi connectivity index (χ0n) is 12.6. The largest absolute Gasteiger partial charge is 0.485 e. The van der Waals surface area contributed by atoms with E-state index in [1.807, 2.05) is 0 Å². The molecule has 0 saturated carbocycles. The van der Waals surface area contributed by atoms with Gasteiger partial charge in [0.05, 0.1) is 0 Å². The molecule has 0 radical (unpaired) electrons. The van der Waals surface area contributed by atoms with Gasteiger partial charge in [-0.25, -0.2) is 0 Å². The van der Waals surface area contributed by atoms with Crippen molar-refractivity contribution in [2.45, 2.75) is 51.6 Å². The maximum Gasteiger partial charge on any atom is 0.129 e. The number of hydrogen-bond acceptors (Lipinski definition) is 3. The van der Waals surface area contributed by atoms with Crippen molar-refractivity contribution in [1.82, 2.24) is 0 Å². The smallest absolute Gasteiger partial charge is 0.129 e. The Labute approximate surface area is 115 Å². The second-order valence-electron chi connectivity index (χ2n) is 6.94. The number of nitrogens with two attached hydrogens (primary N) is 1. The van der Waals surface area contributed by atoms with Gasteiger partial charge in [0.15, 0.2) is 0 Å². The maximum absolute atomic E-state index is 6.32. The van der Waals surface area contributed by atoms with Crippen LogP contribution in [0, 0.1) is 6.92 Å². The van der Waals surface area contributed by atoms with Gasteiger partial charge in [0.2, 0.25) is 0 Å². The Morgan fingerprint density at radius 2 is 2.11 bits per heavy atom. The summed E-state index contributed by atoms with van der Waals surface area (Å²) < 4.78 is 6.32. The highest BCUT2D eigenvalue weighted by Gasteiger charge is 2.46. The molecule has 0 aromatic heterocycles. The van der Waals surface area contributed by atoms with Gasteiger partial charge in [0.25, 0.3) is 0 Å². The molecule has 0 spiro atoms. The lowest BCUT2D eigenvalue weighted by molar-refractivity contribution is 0.102. The fourth-order valence-corrected chi connectivity index (χ4v) is 3.40. The van der Waals surface area contributed by atoms with Gasteiger partial charge in [-0.3, -0.25) is 0 Å². The molecule has 3 heteroatoms. The number of benzene rings is 1. The molecule has 3 N–H and O–H groups in total.